The fourth-order valence-electron chi connectivity index (χ4n) is 3.60. The molecule has 2 aromatic heterocycles. The molecule has 0 saturated carbocycles. The highest BCUT2D eigenvalue weighted by atomic mass is 32.1. The van der Waals surface area contributed by atoms with Crippen LogP contribution in [0.2, 0.25) is 0 Å². The SMILES string of the molecule is O=C(Cc1ccccc1)N1CCC[C@H](c2nccn2Cc2cscn2)C1. The van der Waals surface area contributed by atoms with E-state index in [1.165, 1.54) is 0 Å². The van der Waals surface area contributed by atoms with Crippen LogP contribution in [0.1, 0.15) is 35.8 Å². The Morgan fingerprint density at radius 1 is 1.23 bits per heavy atom. The van der Waals surface area contributed by atoms with E-state index in [4.69, 9.17) is 0 Å². The topological polar surface area (TPSA) is 51.0 Å². The molecule has 1 aliphatic rings. The van der Waals surface area contributed by atoms with Gasteiger partial charge < -0.3 is 9.47 Å². The normalized spacial score (nSPS) is 17.4. The van der Waals surface area contributed by atoms with Crippen LogP contribution in [0.3, 0.4) is 0 Å². The van der Waals surface area contributed by atoms with Gasteiger partial charge in [-0.3, -0.25) is 4.79 Å². The highest BCUT2D eigenvalue weighted by Crippen LogP contribution is 2.26. The van der Waals surface area contributed by atoms with Crippen LogP contribution in [0, 0.1) is 0 Å². The molecule has 26 heavy (non-hydrogen) atoms. The molecule has 1 aromatic carbocycles. The van der Waals surface area contributed by atoms with Crippen molar-refractivity contribution >= 4 is 17.2 Å². The summed E-state index contributed by atoms with van der Waals surface area (Å²) in [6.07, 6.45) is 6.44. The predicted octanol–water partition coefficient (Wildman–Crippen LogP) is 3.34. The number of amides is 1. The molecule has 0 N–H and O–H groups in total. The minimum absolute atomic E-state index is 0.207. The molecule has 5 nitrogen and oxygen atoms in total. The molecule has 134 valence electrons. The molecule has 4 rings (SSSR count). The van der Waals surface area contributed by atoms with Gasteiger partial charge >= 0.3 is 0 Å². The summed E-state index contributed by atoms with van der Waals surface area (Å²) in [4.78, 5) is 23.7. The van der Waals surface area contributed by atoms with E-state index in [0.29, 0.717) is 6.42 Å². The van der Waals surface area contributed by atoms with Crippen molar-refractivity contribution in [1.29, 1.82) is 0 Å². The first-order valence-corrected chi connectivity index (χ1v) is 9.93. The minimum Gasteiger partial charge on any atom is -0.342 e. The van der Waals surface area contributed by atoms with Gasteiger partial charge in [-0.25, -0.2) is 9.97 Å². The molecular formula is C20H22N4OS. The van der Waals surface area contributed by atoms with Gasteiger partial charge in [-0.2, -0.15) is 0 Å². The fraction of sp³-hybridized carbons (Fsp3) is 0.350. The molecule has 0 radical (unpaired) electrons. The Hall–Kier alpha value is -2.47. The van der Waals surface area contributed by atoms with Gasteiger partial charge in [-0.05, 0) is 18.4 Å². The average molecular weight is 366 g/mol. The highest BCUT2D eigenvalue weighted by molar-refractivity contribution is 7.07. The second-order valence-electron chi connectivity index (χ2n) is 6.73. The van der Waals surface area contributed by atoms with E-state index in [-0.39, 0.29) is 11.8 Å². The standard InChI is InChI=1S/C20H22N4OS/c25-19(11-16-5-2-1-3-6-16)23-9-4-7-17(12-23)20-21-8-10-24(20)13-18-14-26-15-22-18/h1-3,5-6,8,10,14-15,17H,4,7,9,11-13H2/t17-/m0/s1. The van der Waals surface area contributed by atoms with Crippen molar-refractivity contribution in [1.82, 2.24) is 19.4 Å². The van der Waals surface area contributed by atoms with Gasteiger partial charge in [0.05, 0.1) is 24.2 Å². The zero-order chi connectivity index (χ0) is 17.8. The second-order valence-corrected chi connectivity index (χ2v) is 7.45. The highest BCUT2D eigenvalue weighted by Gasteiger charge is 2.27. The summed E-state index contributed by atoms with van der Waals surface area (Å²) in [7, 11) is 0. The maximum absolute atomic E-state index is 12.7. The van der Waals surface area contributed by atoms with E-state index in [1.54, 1.807) is 11.3 Å². The van der Waals surface area contributed by atoms with E-state index in [0.717, 1.165) is 49.6 Å². The lowest BCUT2D eigenvalue weighted by atomic mass is 9.96. The lowest BCUT2D eigenvalue weighted by Crippen LogP contribution is -2.40. The summed E-state index contributed by atoms with van der Waals surface area (Å²) < 4.78 is 2.17. The number of carbonyl (C=O) groups excluding carboxylic acids is 1. The van der Waals surface area contributed by atoms with E-state index < -0.39 is 0 Å². The number of thiazole rings is 1. The molecule has 3 heterocycles. The Bertz CT molecular complexity index is 844. The van der Waals surface area contributed by atoms with Gasteiger partial charge in [0.15, 0.2) is 0 Å². The van der Waals surface area contributed by atoms with Gasteiger partial charge in [0.25, 0.3) is 0 Å². The van der Waals surface area contributed by atoms with Gasteiger partial charge in [-0.15, -0.1) is 11.3 Å². The lowest BCUT2D eigenvalue weighted by molar-refractivity contribution is -0.131. The van der Waals surface area contributed by atoms with Crippen molar-refractivity contribution in [3.05, 3.63) is 70.7 Å². The number of nitrogens with zero attached hydrogens (tertiary/aromatic N) is 4. The molecule has 1 atom stereocenters. The molecule has 6 heteroatoms. The molecule has 0 bridgehead atoms. The van der Waals surface area contributed by atoms with Crippen molar-refractivity contribution in [2.24, 2.45) is 0 Å². The molecule has 0 spiro atoms. The van der Waals surface area contributed by atoms with Gasteiger partial charge in [0, 0.05) is 36.8 Å². The van der Waals surface area contributed by atoms with Crippen LogP contribution in [0.25, 0.3) is 0 Å². The predicted molar refractivity (Wildman–Crippen MR) is 102 cm³/mol. The molecule has 0 aliphatic carbocycles. The Kier molecular flexibility index (Phi) is 5.11. The Balaban J connectivity index is 1.44. The zero-order valence-corrected chi connectivity index (χ0v) is 15.4. The Morgan fingerprint density at radius 3 is 2.92 bits per heavy atom. The largest absolute Gasteiger partial charge is 0.342 e. The second kappa shape index (κ2) is 7.83. The molecule has 0 unspecified atom stereocenters. The van der Waals surface area contributed by atoms with Crippen molar-refractivity contribution in [2.45, 2.75) is 31.7 Å². The first-order valence-electron chi connectivity index (χ1n) is 8.99. The number of rotatable bonds is 5. The fourth-order valence-corrected chi connectivity index (χ4v) is 4.15. The van der Waals surface area contributed by atoms with Crippen molar-refractivity contribution in [3.63, 3.8) is 0 Å². The molecule has 1 amide bonds. The zero-order valence-electron chi connectivity index (χ0n) is 14.6. The maximum atomic E-state index is 12.7. The molecule has 3 aromatic rings. The van der Waals surface area contributed by atoms with Gasteiger partial charge in [0.2, 0.25) is 5.91 Å². The lowest BCUT2D eigenvalue weighted by Gasteiger charge is -2.32. The molecule has 1 aliphatic heterocycles. The number of hydrogen-bond donors (Lipinski definition) is 0. The third-order valence-corrected chi connectivity index (χ3v) is 5.54. The average Bonchev–Trinajstić information content (AvgIpc) is 3.35. The Labute approximate surface area is 157 Å². The number of aromatic nitrogens is 3. The third-order valence-electron chi connectivity index (χ3n) is 4.90. The molecule has 1 fully saturated rings. The van der Waals surface area contributed by atoms with Crippen LogP contribution < -0.4 is 0 Å². The van der Waals surface area contributed by atoms with Crippen LogP contribution >= 0.6 is 11.3 Å². The van der Waals surface area contributed by atoms with Crippen LogP contribution in [0.4, 0.5) is 0 Å². The number of piperidine rings is 1. The van der Waals surface area contributed by atoms with E-state index in [2.05, 4.69) is 19.9 Å². The van der Waals surface area contributed by atoms with Gasteiger partial charge in [-0.1, -0.05) is 30.3 Å². The van der Waals surface area contributed by atoms with Crippen LogP contribution in [-0.4, -0.2) is 38.4 Å². The van der Waals surface area contributed by atoms with E-state index in [9.17, 15) is 4.79 Å². The molecular weight excluding hydrogens is 344 g/mol. The van der Waals surface area contributed by atoms with E-state index >= 15 is 0 Å². The summed E-state index contributed by atoms with van der Waals surface area (Å²) in [5.41, 5.74) is 3.99. The third kappa shape index (κ3) is 3.85. The van der Waals surface area contributed by atoms with Crippen LogP contribution in [-0.2, 0) is 17.8 Å². The first-order chi connectivity index (χ1) is 12.8. The number of imidazole rings is 1. The number of benzene rings is 1. The Morgan fingerprint density at radius 2 is 2.12 bits per heavy atom. The smallest absolute Gasteiger partial charge is 0.227 e. The summed E-state index contributed by atoms with van der Waals surface area (Å²) in [5, 5.41) is 2.07. The quantitative estimate of drug-likeness (QED) is 0.696. The number of hydrogen-bond acceptors (Lipinski definition) is 4. The summed E-state index contributed by atoms with van der Waals surface area (Å²) in [6.45, 7) is 2.34. The number of carbonyl (C=O) groups is 1. The van der Waals surface area contributed by atoms with Crippen molar-refractivity contribution < 1.29 is 4.79 Å². The number of likely N-dealkylation sites (tertiary alicyclic amines) is 1. The first kappa shape index (κ1) is 17.0. The maximum Gasteiger partial charge on any atom is 0.227 e. The summed E-state index contributed by atoms with van der Waals surface area (Å²) in [6, 6.07) is 9.97. The monoisotopic (exact) mass is 366 g/mol. The minimum atomic E-state index is 0.207. The summed E-state index contributed by atoms with van der Waals surface area (Å²) in [5.74, 6) is 1.56. The van der Waals surface area contributed by atoms with Crippen LogP contribution in [0.15, 0.2) is 53.6 Å². The van der Waals surface area contributed by atoms with Crippen molar-refractivity contribution in [3.8, 4) is 0 Å². The van der Waals surface area contributed by atoms with E-state index in [1.807, 2.05) is 53.1 Å². The summed E-state index contributed by atoms with van der Waals surface area (Å²) >= 11 is 1.61. The van der Waals surface area contributed by atoms with Crippen molar-refractivity contribution in [2.75, 3.05) is 13.1 Å². The molecule has 1 saturated heterocycles. The van der Waals surface area contributed by atoms with Crippen LogP contribution in [0.5, 0.6) is 0 Å². The van der Waals surface area contributed by atoms with Gasteiger partial charge in [0.1, 0.15) is 5.82 Å².